The van der Waals surface area contributed by atoms with E-state index in [1.54, 1.807) is 6.92 Å². The largest absolute Gasteiger partial charge is 0.459 e. The van der Waals surface area contributed by atoms with Crippen molar-refractivity contribution in [3.05, 3.63) is 29.8 Å². The number of hydrogen-bond donors (Lipinski definition) is 1. The summed E-state index contributed by atoms with van der Waals surface area (Å²) in [6, 6.07) is 7.71. The predicted octanol–water partition coefficient (Wildman–Crippen LogP) is 0.932. The lowest BCUT2D eigenvalue weighted by atomic mass is 10.2. The molecule has 0 saturated heterocycles. The highest BCUT2D eigenvalue weighted by Gasteiger charge is 2.13. The molecule has 0 unspecified atom stereocenters. The summed E-state index contributed by atoms with van der Waals surface area (Å²) in [5.41, 5.74) is 1.97. The summed E-state index contributed by atoms with van der Waals surface area (Å²) in [6.45, 7) is 2.16. The van der Waals surface area contributed by atoms with Crippen LogP contribution in [0.1, 0.15) is 12.5 Å². The van der Waals surface area contributed by atoms with Crippen molar-refractivity contribution in [2.45, 2.75) is 13.5 Å². The van der Waals surface area contributed by atoms with Crippen LogP contribution >= 0.6 is 0 Å². The van der Waals surface area contributed by atoms with Gasteiger partial charge in [0.05, 0.1) is 6.61 Å². The molecule has 0 saturated carbocycles. The highest BCUT2D eigenvalue weighted by molar-refractivity contribution is 6.32. The minimum atomic E-state index is -0.846. The second-order valence-corrected chi connectivity index (χ2v) is 3.97. The fourth-order valence-electron chi connectivity index (χ4n) is 1.40. The van der Waals surface area contributed by atoms with Gasteiger partial charge in [0.15, 0.2) is 0 Å². The first-order valence-electron chi connectivity index (χ1n) is 5.75. The van der Waals surface area contributed by atoms with Crippen molar-refractivity contribution in [2.24, 2.45) is 0 Å². The maximum atomic E-state index is 11.3. The van der Waals surface area contributed by atoms with Crippen molar-refractivity contribution in [1.82, 2.24) is 5.32 Å². The van der Waals surface area contributed by atoms with Gasteiger partial charge in [0.2, 0.25) is 0 Å². The van der Waals surface area contributed by atoms with Crippen molar-refractivity contribution in [3.63, 3.8) is 0 Å². The minimum absolute atomic E-state index is 0.197. The third kappa shape index (κ3) is 4.08. The summed E-state index contributed by atoms with van der Waals surface area (Å²) < 4.78 is 4.59. The van der Waals surface area contributed by atoms with Gasteiger partial charge in [-0.25, -0.2) is 4.79 Å². The van der Waals surface area contributed by atoms with E-state index in [0.29, 0.717) is 6.54 Å². The number of carbonyl (C=O) groups is 2. The fraction of sp³-hybridized carbons (Fsp3) is 0.385. The standard InChI is InChI=1S/C13H18N2O3/c1-4-18-13(17)12(16)14-9-10-6-5-7-11(8-10)15(2)3/h5-8H,4,9H2,1-3H3,(H,14,16). The molecule has 1 aromatic rings. The Labute approximate surface area is 107 Å². The zero-order valence-electron chi connectivity index (χ0n) is 10.9. The first kappa shape index (κ1) is 14.0. The van der Waals surface area contributed by atoms with Crippen molar-refractivity contribution in [3.8, 4) is 0 Å². The molecule has 1 N–H and O–H groups in total. The Bertz CT molecular complexity index is 430. The zero-order valence-corrected chi connectivity index (χ0v) is 10.9. The molecular weight excluding hydrogens is 232 g/mol. The normalized spacial score (nSPS) is 9.72. The Morgan fingerprint density at radius 3 is 2.67 bits per heavy atom. The molecule has 0 heterocycles. The van der Waals surface area contributed by atoms with Crippen LogP contribution in [0.25, 0.3) is 0 Å². The summed E-state index contributed by atoms with van der Waals surface area (Å²) in [7, 11) is 3.88. The average molecular weight is 250 g/mol. The summed E-state index contributed by atoms with van der Waals surface area (Å²) in [4.78, 5) is 24.4. The molecule has 0 atom stereocenters. The second-order valence-electron chi connectivity index (χ2n) is 3.97. The van der Waals surface area contributed by atoms with Crippen LogP contribution in [0.3, 0.4) is 0 Å². The maximum absolute atomic E-state index is 11.3. The smallest absolute Gasteiger partial charge is 0.396 e. The van der Waals surface area contributed by atoms with E-state index in [1.165, 1.54) is 0 Å². The molecule has 18 heavy (non-hydrogen) atoms. The van der Waals surface area contributed by atoms with Crippen LogP contribution < -0.4 is 10.2 Å². The van der Waals surface area contributed by atoms with E-state index in [-0.39, 0.29) is 6.61 Å². The van der Waals surface area contributed by atoms with E-state index in [0.717, 1.165) is 11.3 Å². The number of rotatable bonds is 4. The Morgan fingerprint density at radius 1 is 1.33 bits per heavy atom. The molecule has 0 spiro atoms. The van der Waals surface area contributed by atoms with Crippen LogP contribution in [0, 0.1) is 0 Å². The maximum Gasteiger partial charge on any atom is 0.396 e. The molecule has 1 rings (SSSR count). The molecule has 0 fully saturated rings. The number of carbonyl (C=O) groups excluding carboxylic acids is 2. The molecular formula is C13H18N2O3. The van der Waals surface area contributed by atoms with Gasteiger partial charge in [-0.15, -0.1) is 0 Å². The van der Waals surface area contributed by atoms with Gasteiger partial charge in [0.25, 0.3) is 0 Å². The quantitative estimate of drug-likeness (QED) is 0.638. The van der Waals surface area contributed by atoms with Gasteiger partial charge < -0.3 is 15.0 Å². The molecule has 1 aromatic carbocycles. The second kappa shape index (κ2) is 6.64. The molecule has 0 aliphatic rings. The average Bonchev–Trinajstić information content (AvgIpc) is 2.36. The first-order chi connectivity index (χ1) is 8.54. The number of anilines is 1. The summed E-state index contributed by atoms with van der Waals surface area (Å²) in [6.07, 6.45) is 0. The van der Waals surface area contributed by atoms with E-state index < -0.39 is 11.9 Å². The van der Waals surface area contributed by atoms with Crippen molar-refractivity contribution in [1.29, 1.82) is 0 Å². The lowest BCUT2D eigenvalue weighted by Crippen LogP contribution is -2.32. The monoisotopic (exact) mass is 250 g/mol. The number of nitrogens with one attached hydrogen (secondary N) is 1. The van der Waals surface area contributed by atoms with Gasteiger partial charge in [-0.3, -0.25) is 4.79 Å². The lowest BCUT2D eigenvalue weighted by molar-refractivity contribution is -0.154. The van der Waals surface area contributed by atoms with Gasteiger partial charge in [-0.2, -0.15) is 0 Å². The molecule has 5 heteroatoms. The van der Waals surface area contributed by atoms with E-state index in [1.807, 2.05) is 43.3 Å². The number of ether oxygens (including phenoxy) is 1. The van der Waals surface area contributed by atoms with Crippen LogP contribution in [0.4, 0.5) is 5.69 Å². The van der Waals surface area contributed by atoms with E-state index >= 15 is 0 Å². The highest BCUT2D eigenvalue weighted by Crippen LogP contribution is 2.12. The molecule has 0 radical (unpaired) electrons. The number of amides is 1. The first-order valence-corrected chi connectivity index (χ1v) is 5.75. The third-order valence-corrected chi connectivity index (χ3v) is 2.34. The van der Waals surface area contributed by atoms with Crippen LogP contribution in [0.15, 0.2) is 24.3 Å². The van der Waals surface area contributed by atoms with Crippen molar-refractivity contribution in [2.75, 3.05) is 25.6 Å². The third-order valence-electron chi connectivity index (χ3n) is 2.34. The lowest BCUT2D eigenvalue weighted by Gasteiger charge is -2.13. The molecule has 5 nitrogen and oxygen atoms in total. The number of esters is 1. The molecule has 0 bridgehead atoms. The van der Waals surface area contributed by atoms with E-state index in [9.17, 15) is 9.59 Å². The van der Waals surface area contributed by atoms with E-state index in [4.69, 9.17) is 0 Å². The minimum Gasteiger partial charge on any atom is -0.459 e. The van der Waals surface area contributed by atoms with E-state index in [2.05, 4.69) is 10.1 Å². The van der Waals surface area contributed by atoms with Gasteiger partial charge in [-0.1, -0.05) is 12.1 Å². The highest BCUT2D eigenvalue weighted by atomic mass is 16.5. The number of benzene rings is 1. The molecule has 1 amide bonds. The Balaban J connectivity index is 2.56. The SMILES string of the molecule is CCOC(=O)C(=O)NCc1cccc(N(C)C)c1. The van der Waals surface area contributed by atoms with Gasteiger partial charge in [0, 0.05) is 26.3 Å². The molecule has 0 aliphatic heterocycles. The molecule has 0 aliphatic carbocycles. The van der Waals surface area contributed by atoms with Gasteiger partial charge in [-0.05, 0) is 24.6 Å². The summed E-state index contributed by atoms with van der Waals surface area (Å²) in [5.74, 6) is -1.56. The van der Waals surface area contributed by atoms with Crippen LogP contribution in [-0.2, 0) is 20.9 Å². The van der Waals surface area contributed by atoms with Crippen LogP contribution in [0.2, 0.25) is 0 Å². The predicted molar refractivity (Wildman–Crippen MR) is 69.2 cm³/mol. The van der Waals surface area contributed by atoms with Gasteiger partial charge >= 0.3 is 11.9 Å². The van der Waals surface area contributed by atoms with Crippen molar-refractivity contribution >= 4 is 17.6 Å². The number of nitrogens with zero attached hydrogens (tertiary/aromatic N) is 1. The Hall–Kier alpha value is -2.04. The molecule has 98 valence electrons. The Kier molecular flexibility index (Phi) is 5.17. The topological polar surface area (TPSA) is 58.6 Å². The fourth-order valence-corrected chi connectivity index (χ4v) is 1.40. The summed E-state index contributed by atoms with van der Waals surface area (Å²) >= 11 is 0. The molecule has 0 aromatic heterocycles. The van der Waals surface area contributed by atoms with Crippen molar-refractivity contribution < 1.29 is 14.3 Å². The Morgan fingerprint density at radius 2 is 2.06 bits per heavy atom. The summed E-state index contributed by atoms with van der Waals surface area (Å²) in [5, 5.41) is 2.52. The number of hydrogen-bond acceptors (Lipinski definition) is 4. The van der Waals surface area contributed by atoms with Crippen LogP contribution in [0.5, 0.6) is 0 Å². The zero-order chi connectivity index (χ0) is 13.5. The van der Waals surface area contributed by atoms with Gasteiger partial charge in [0.1, 0.15) is 0 Å². The van der Waals surface area contributed by atoms with Crippen LogP contribution in [-0.4, -0.2) is 32.6 Å².